The molecule has 0 aromatic heterocycles. The highest BCUT2D eigenvalue weighted by atomic mass is 16.5. The number of nitrogens with zero attached hydrogens (tertiary/aromatic N) is 1. The molecule has 1 unspecified atom stereocenters. The third kappa shape index (κ3) is 3.28. The maximum absolute atomic E-state index is 12.6. The van der Waals surface area contributed by atoms with Crippen LogP contribution in [0.1, 0.15) is 17.2 Å². The summed E-state index contributed by atoms with van der Waals surface area (Å²) in [6.07, 6.45) is 0. The third-order valence-electron chi connectivity index (χ3n) is 4.27. The average Bonchev–Trinajstić information content (AvgIpc) is 2.79. The number of hydrogen-bond donors (Lipinski definition) is 1. The van der Waals surface area contributed by atoms with Crippen molar-refractivity contribution in [3.63, 3.8) is 0 Å². The Balaban J connectivity index is 2.02. The summed E-state index contributed by atoms with van der Waals surface area (Å²) in [5.41, 5.74) is 1.12. The summed E-state index contributed by atoms with van der Waals surface area (Å²) >= 11 is 0. The van der Waals surface area contributed by atoms with Crippen LogP contribution in [0.3, 0.4) is 0 Å². The summed E-state index contributed by atoms with van der Waals surface area (Å²) in [6, 6.07) is 10.8. The highest BCUT2D eigenvalue weighted by molar-refractivity contribution is 5.87. The van der Waals surface area contributed by atoms with Gasteiger partial charge in [-0.25, -0.2) is 4.79 Å². The molecule has 0 fully saturated rings. The highest BCUT2D eigenvalue weighted by Gasteiger charge is 2.36. The van der Waals surface area contributed by atoms with Crippen LogP contribution in [-0.4, -0.2) is 42.7 Å². The lowest BCUT2D eigenvalue weighted by Crippen LogP contribution is -2.39. The largest absolute Gasteiger partial charge is 0.497 e. The van der Waals surface area contributed by atoms with Crippen molar-refractivity contribution in [2.75, 3.05) is 20.8 Å². The van der Waals surface area contributed by atoms with Crippen LogP contribution in [0.4, 0.5) is 0 Å². The molecule has 0 saturated carbocycles. The monoisotopic (exact) mass is 357 g/mol. The molecule has 1 aliphatic rings. The smallest absolute Gasteiger partial charge is 0.331 e. The number of amides is 1. The Morgan fingerprint density at radius 2 is 2.00 bits per heavy atom. The Hall–Kier alpha value is -3.22. The fraction of sp³-hybridized carbons (Fsp3) is 0.263. The third-order valence-corrected chi connectivity index (χ3v) is 4.27. The Labute approximate surface area is 150 Å². The van der Waals surface area contributed by atoms with Gasteiger partial charge in [-0.1, -0.05) is 18.2 Å². The van der Waals surface area contributed by atoms with Gasteiger partial charge in [0.15, 0.2) is 12.6 Å². The van der Waals surface area contributed by atoms with E-state index in [0.29, 0.717) is 28.4 Å². The second kappa shape index (κ2) is 7.35. The van der Waals surface area contributed by atoms with Crippen molar-refractivity contribution in [1.29, 1.82) is 0 Å². The minimum Gasteiger partial charge on any atom is -0.497 e. The van der Waals surface area contributed by atoms with Crippen LogP contribution in [0.5, 0.6) is 17.2 Å². The second-order valence-corrected chi connectivity index (χ2v) is 5.77. The lowest BCUT2D eigenvalue weighted by atomic mass is 10.0. The number of methoxy groups -OCH3 is 2. The SMILES string of the molecule is COc1ccc(CN2C(=O)COc3ccccc3C2C(=O)O)c(OC)c1. The molecule has 3 rings (SSSR count). The quantitative estimate of drug-likeness (QED) is 0.883. The normalized spacial score (nSPS) is 16.3. The van der Waals surface area contributed by atoms with E-state index in [-0.39, 0.29) is 13.2 Å². The fourth-order valence-electron chi connectivity index (χ4n) is 2.98. The molecule has 1 amide bonds. The van der Waals surface area contributed by atoms with E-state index in [1.54, 1.807) is 49.6 Å². The van der Waals surface area contributed by atoms with E-state index in [4.69, 9.17) is 14.2 Å². The first-order valence-corrected chi connectivity index (χ1v) is 8.00. The number of carbonyl (C=O) groups excluding carboxylic acids is 1. The topological polar surface area (TPSA) is 85.3 Å². The predicted molar refractivity (Wildman–Crippen MR) is 92.4 cm³/mol. The molecular formula is C19H19NO6. The molecule has 2 aromatic carbocycles. The van der Waals surface area contributed by atoms with Gasteiger partial charge in [-0.2, -0.15) is 0 Å². The second-order valence-electron chi connectivity index (χ2n) is 5.77. The molecule has 0 radical (unpaired) electrons. The van der Waals surface area contributed by atoms with E-state index in [9.17, 15) is 14.7 Å². The van der Waals surface area contributed by atoms with E-state index in [2.05, 4.69) is 0 Å². The first-order chi connectivity index (χ1) is 12.5. The molecule has 0 aliphatic carbocycles. The highest BCUT2D eigenvalue weighted by Crippen LogP contribution is 2.35. The van der Waals surface area contributed by atoms with Crippen molar-refractivity contribution in [1.82, 2.24) is 4.90 Å². The lowest BCUT2D eigenvalue weighted by molar-refractivity contribution is -0.151. The molecule has 26 heavy (non-hydrogen) atoms. The van der Waals surface area contributed by atoms with Crippen molar-refractivity contribution in [3.05, 3.63) is 53.6 Å². The molecule has 0 bridgehead atoms. The van der Waals surface area contributed by atoms with Gasteiger partial charge in [-0.3, -0.25) is 4.79 Å². The van der Waals surface area contributed by atoms with E-state index in [1.165, 1.54) is 12.0 Å². The molecule has 2 aromatic rings. The molecule has 1 N–H and O–H groups in total. The maximum Gasteiger partial charge on any atom is 0.331 e. The molecule has 136 valence electrons. The molecule has 0 saturated heterocycles. The van der Waals surface area contributed by atoms with Gasteiger partial charge in [0, 0.05) is 17.2 Å². The van der Waals surface area contributed by atoms with Crippen molar-refractivity contribution in [3.8, 4) is 17.2 Å². The number of fused-ring (bicyclic) bond motifs is 1. The minimum atomic E-state index is -1.15. The zero-order valence-electron chi connectivity index (χ0n) is 14.5. The molecule has 1 atom stereocenters. The molecule has 1 heterocycles. The van der Waals surface area contributed by atoms with Crippen LogP contribution in [0.25, 0.3) is 0 Å². The van der Waals surface area contributed by atoms with Crippen molar-refractivity contribution >= 4 is 11.9 Å². The summed E-state index contributed by atoms with van der Waals surface area (Å²) in [6.45, 7) is -0.153. The first-order valence-electron chi connectivity index (χ1n) is 8.00. The standard InChI is InChI=1S/C19H19NO6/c1-24-13-8-7-12(16(9-13)25-2)10-20-17(21)11-26-15-6-4-3-5-14(15)18(20)19(22)23/h3-9,18H,10-11H2,1-2H3,(H,22,23). The van der Waals surface area contributed by atoms with Gasteiger partial charge in [0.05, 0.1) is 20.8 Å². The van der Waals surface area contributed by atoms with Crippen molar-refractivity contribution in [2.45, 2.75) is 12.6 Å². The van der Waals surface area contributed by atoms with Gasteiger partial charge in [-0.05, 0) is 18.2 Å². The van der Waals surface area contributed by atoms with Gasteiger partial charge in [0.25, 0.3) is 5.91 Å². The minimum absolute atomic E-state index is 0.0701. The maximum atomic E-state index is 12.6. The Morgan fingerprint density at radius 3 is 2.69 bits per heavy atom. The van der Waals surface area contributed by atoms with Crippen LogP contribution < -0.4 is 14.2 Å². The van der Waals surface area contributed by atoms with Gasteiger partial charge in [-0.15, -0.1) is 0 Å². The lowest BCUT2D eigenvalue weighted by Gasteiger charge is -2.27. The number of benzene rings is 2. The van der Waals surface area contributed by atoms with Crippen molar-refractivity contribution in [2.24, 2.45) is 0 Å². The number of ether oxygens (including phenoxy) is 3. The molecular weight excluding hydrogens is 338 g/mol. The van der Waals surface area contributed by atoms with Crippen LogP contribution in [-0.2, 0) is 16.1 Å². The number of carbonyl (C=O) groups is 2. The number of rotatable bonds is 5. The molecule has 1 aliphatic heterocycles. The average molecular weight is 357 g/mol. The molecule has 0 spiro atoms. The van der Waals surface area contributed by atoms with Crippen LogP contribution >= 0.6 is 0 Å². The van der Waals surface area contributed by atoms with Crippen LogP contribution in [0.2, 0.25) is 0 Å². The Kier molecular flexibility index (Phi) is 4.97. The number of carboxylic acid groups (broad SMARTS) is 1. The summed E-state index contributed by atoms with van der Waals surface area (Å²) in [5.74, 6) is -0.0105. The Morgan fingerprint density at radius 1 is 1.23 bits per heavy atom. The zero-order valence-corrected chi connectivity index (χ0v) is 14.5. The summed E-state index contributed by atoms with van der Waals surface area (Å²) < 4.78 is 16.0. The number of aliphatic carboxylic acids is 1. The zero-order chi connectivity index (χ0) is 18.7. The van der Waals surface area contributed by atoms with E-state index in [0.717, 1.165) is 0 Å². The van der Waals surface area contributed by atoms with Gasteiger partial charge in [0.2, 0.25) is 0 Å². The van der Waals surface area contributed by atoms with E-state index < -0.39 is 17.9 Å². The fourth-order valence-corrected chi connectivity index (χ4v) is 2.98. The first kappa shape index (κ1) is 17.6. The van der Waals surface area contributed by atoms with E-state index >= 15 is 0 Å². The van der Waals surface area contributed by atoms with Crippen LogP contribution in [0, 0.1) is 0 Å². The summed E-state index contributed by atoms with van der Waals surface area (Å²) in [5, 5.41) is 9.78. The van der Waals surface area contributed by atoms with Crippen molar-refractivity contribution < 1.29 is 28.9 Å². The number of carboxylic acids is 1. The van der Waals surface area contributed by atoms with E-state index in [1.807, 2.05) is 0 Å². The predicted octanol–water partition coefficient (Wildman–Crippen LogP) is 2.25. The van der Waals surface area contributed by atoms with Gasteiger partial charge >= 0.3 is 5.97 Å². The van der Waals surface area contributed by atoms with Gasteiger partial charge < -0.3 is 24.2 Å². The molecule has 7 nitrogen and oxygen atoms in total. The number of para-hydroxylation sites is 1. The summed E-state index contributed by atoms with van der Waals surface area (Å²) in [7, 11) is 3.05. The molecule has 7 heteroatoms. The number of hydrogen-bond acceptors (Lipinski definition) is 5. The van der Waals surface area contributed by atoms with Gasteiger partial charge in [0.1, 0.15) is 17.2 Å². The summed E-state index contributed by atoms with van der Waals surface area (Å²) in [4.78, 5) is 25.9. The Bertz CT molecular complexity index is 835. The van der Waals surface area contributed by atoms with Crippen LogP contribution in [0.15, 0.2) is 42.5 Å².